The fraction of sp³-hybridized carbons (Fsp3) is 0.812. The van der Waals surface area contributed by atoms with Crippen LogP contribution in [0, 0.1) is 0 Å². The molecule has 3 nitrogen and oxygen atoms in total. The highest BCUT2D eigenvalue weighted by Crippen LogP contribution is 2.26. The summed E-state index contributed by atoms with van der Waals surface area (Å²) in [4.78, 5) is 8.51. The van der Waals surface area contributed by atoms with E-state index in [2.05, 4.69) is 42.9 Å². The summed E-state index contributed by atoms with van der Waals surface area (Å²) < 4.78 is 0. The molecule has 1 aromatic rings. The van der Waals surface area contributed by atoms with Gasteiger partial charge in [-0.05, 0) is 38.9 Å². The number of likely N-dealkylation sites (tertiary alicyclic amines) is 1. The number of piperidine rings is 1. The quantitative estimate of drug-likeness (QED) is 0.902. The molecule has 1 fully saturated rings. The van der Waals surface area contributed by atoms with E-state index >= 15 is 0 Å². The highest BCUT2D eigenvalue weighted by molar-refractivity contribution is 7.11. The standard InChI is InChI=1S/C16H29N3S/c1-5-8-19-9-6-13(7-10-19)17-11-14-12-18-15(20-14)16(2,3)4/h12-13,17H,5-11H2,1-4H3. The zero-order valence-corrected chi connectivity index (χ0v) is 14.2. The maximum absolute atomic E-state index is 4.56. The number of aromatic nitrogens is 1. The van der Waals surface area contributed by atoms with Gasteiger partial charge in [0.05, 0.1) is 5.01 Å². The van der Waals surface area contributed by atoms with E-state index in [-0.39, 0.29) is 5.41 Å². The van der Waals surface area contributed by atoms with Crippen LogP contribution in [0.5, 0.6) is 0 Å². The molecule has 1 saturated heterocycles. The third-order valence-electron chi connectivity index (χ3n) is 3.89. The Balaban J connectivity index is 1.75. The van der Waals surface area contributed by atoms with Crippen molar-refractivity contribution in [3.63, 3.8) is 0 Å². The molecule has 1 aliphatic heterocycles. The third-order valence-corrected chi connectivity index (χ3v) is 5.31. The van der Waals surface area contributed by atoms with Gasteiger partial charge in [0.2, 0.25) is 0 Å². The van der Waals surface area contributed by atoms with Gasteiger partial charge in [-0.2, -0.15) is 0 Å². The van der Waals surface area contributed by atoms with E-state index in [0.717, 1.165) is 6.54 Å². The van der Waals surface area contributed by atoms with Crippen LogP contribution >= 0.6 is 11.3 Å². The number of thiazole rings is 1. The van der Waals surface area contributed by atoms with Crippen LogP contribution in [0.1, 0.15) is 56.8 Å². The van der Waals surface area contributed by atoms with E-state index in [4.69, 9.17) is 0 Å². The predicted octanol–water partition coefficient (Wildman–Crippen LogP) is 3.40. The number of hydrogen-bond acceptors (Lipinski definition) is 4. The van der Waals surface area contributed by atoms with Crippen LogP contribution in [0.2, 0.25) is 0 Å². The lowest BCUT2D eigenvalue weighted by molar-refractivity contribution is 0.197. The minimum absolute atomic E-state index is 0.175. The third kappa shape index (κ3) is 4.54. The minimum Gasteiger partial charge on any atom is -0.309 e. The zero-order valence-electron chi connectivity index (χ0n) is 13.4. The molecule has 1 aromatic heterocycles. The molecule has 2 rings (SSSR count). The smallest absolute Gasteiger partial charge is 0.0981 e. The Labute approximate surface area is 127 Å². The van der Waals surface area contributed by atoms with Crippen molar-refractivity contribution >= 4 is 11.3 Å². The van der Waals surface area contributed by atoms with Gasteiger partial charge in [0, 0.05) is 29.1 Å². The van der Waals surface area contributed by atoms with Gasteiger partial charge in [-0.25, -0.2) is 4.98 Å². The fourth-order valence-electron chi connectivity index (χ4n) is 2.66. The molecule has 1 aliphatic rings. The van der Waals surface area contributed by atoms with Crippen LogP contribution in [0.15, 0.2) is 6.20 Å². The Morgan fingerprint density at radius 1 is 1.35 bits per heavy atom. The zero-order chi connectivity index (χ0) is 14.6. The predicted molar refractivity (Wildman–Crippen MR) is 87.4 cm³/mol. The summed E-state index contributed by atoms with van der Waals surface area (Å²) >= 11 is 1.85. The molecule has 0 unspecified atom stereocenters. The number of nitrogens with one attached hydrogen (secondary N) is 1. The van der Waals surface area contributed by atoms with Gasteiger partial charge >= 0.3 is 0 Å². The largest absolute Gasteiger partial charge is 0.309 e. The summed E-state index contributed by atoms with van der Waals surface area (Å²) in [5.74, 6) is 0. The van der Waals surface area contributed by atoms with Crippen molar-refractivity contribution in [3.8, 4) is 0 Å². The van der Waals surface area contributed by atoms with Crippen LogP contribution < -0.4 is 5.32 Å². The fourth-order valence-corrected chi connectivity index (χ4v) is 3.58. The Kier molecular flexibility index (Phi) is 5.58. The molecule has 114 valence electrons. The maximum Gasteiger partial charge on any atom is 0.0981 e. The Bertz CT molecular complexity index is 400. The Morgan fingerprint density at radius 3 is 2.60 bits per heavy atom. The summed E-state index contributed by atoms with van der Waals surface area (Å²) in [6.07, 6.45) is 5.88. The highest BCUT2D eigenvalue weighted by atomic mass is 32.1. The molecule has 0 aromatic carbocycles. The number of hydrogen-bond donors (Lipinski definition) is 1. The molecular weight excluding hydrogens is 266 g/mol. The molecule has 0 atom stereocenters. The van der Waals surface area contributed by atoms with Crippen molar-refractivity contribution < 1.29 is 0 Å². The van der Waals surface area contributed by atoms with Crippen LogP contribution in [-0.2, 0) is 12.0 Å². The van der Waals surface area contributed by atoms with E-state index < -0.39 is 0 Å². The molecule has 0 aliphatic carbocycles. The van der Waals surface area contributed by atoms with Crippen molar-refractivity contribution in [2.45, 2.75) is 65.0 Å². The lowest BCUT2D eigenvalue weighted by Gasteiger charge is -2.32. The monoisotopic (exact) mass is 295 g/mol. The molecule has 0 saturated carbocycles. The highest BCUT2D eigenvalue weighted by Gasteiger charge is 2.20. The van der Waals surface area contributed by atoms with Crippen molar-refractivity contribution in [1.82, 2.24) is 15.2 Å². The first-order chi connectivity index (χ1) is 9.49. The van der Waals surface area contributed by atoms with Crippen molar-refractivity contribution in [3.05, 3.63) is 16.1 Å². The Hall–Kier alpha value is -0.450. The van der Waals surface area contributed by atoms with E-state index in [1.165, 1.54) is 48.8 Å². The second-order valence-corrected chi connectivity index (χ2v) is 7.99. The van der Waals surface area contributed by atoms with E-state index in [9.17, 15) is 0 Å². The summed E-state index contributed by atoms with van der Waals surface area (Å²) in [5, 5.41) is 4.95. The first-order valence-electron chi connectivity index (χ1n) is 7.90. The van der Waals surface area contributed by atoms with E-state index in [0.29, 0.717) is 6.04 Å². The first kappa shape index (κ1) is 15.9. The lowest BCUT2D eigenvalue weighted by atomic mass is 9.98. The second-order valence-electron chi connectivity index (χ2n) is 6.88. The van der Waals surface area contributed by atoms with Crippen molar-refractivity contribution in [2.24, 2.45) is 0 Å². The maximum atomic E-state index is 4.56. The molecule has 0 spiro atoms. The second kappa shape index (κ2) is 7.01. The summed E-state index contributed by atoms with van der Waals surface area (Å²) in [6.45, 7) is 13.7. The Morgan fingerprint density at radius 2 is 2.05 bits per heavy atom. The van der Waals surface area contributed by atoms with Crippen LogP contribution in [0.25, 0.3) is 0 Å². The normalized spacial score (nSPS) is 18.6. The average Bonchev–Trinajstić information content (AvgIpc) is 2.87. The van der Waals surface area contributed by atoms with Crippen molar-refractivity contribution in [1.29, 1.82) is 0 Å². The van der Waals surface area contributed by atoms with Crippen LogP contribution in [0.4, 0.5) is 0 Å². The minimum atomic E-state index is 0.175. The van der Waals surface area contributed by atoms with Gasteiger partial charge < -0.3 is 10.2 Å². The van der Waals surface area contributed by atoms with Gasteiger partial charge in [0.25, 0.3) is 0 Å². The van der Waals surface area contributed by atoms with Gasteiger partial charge in [-0.1, -0.05) is 27.7 Å². The van der Waals surface area contributed by atoms with Crippen LogP contribution in [0.3, 0.4) is 0 Å². The number of rotatable bonds is 5. The lowest BCUT2D eigenvalue weighted by Crippen LogP contribution is -2.42. The molecule has 0 radical (unpaired) electrons. The van der Waals surface area contributed by atoms with Crippen LogP contribution in [-0.4, -0.2) is 35.6 Å². The summed E-state index contributed by atoms with van der Waals surface area (Å²) in [6, 6.07) is 0.684. The van der Waals surface area contributed by atoms with Gasteiger partial charge in [0.15, 0.2) is 0 Å². The molecule has 0 bridgehead atoms. The van der Waals surface area contributed by atoms with Gasteiger partial charge in [0.1, 0.15) is 0 Å². The molecule has 0 amide bonds. The molecule has 2 heterocycles. The average molecular weight is 295 g/mol. The molecule has 1 N–H and O–H groups in total. The first-order valence-corrected chi connectivity index (χ1v) is 8.71. The topological polar surface area (TPSA) is 28.2 Å². The van der Waals surface area contributed by atoms with E-state index in [1.807, 2.05) is 17.5 Å². The van der Waals surface area contributed by atoms with E-state index in [1.54, 1.807) is 0 Å². The van der Waals surface area contributed by atoms with Gasteiger partial charge in [-0.15, -0.1) is 11.3 Å². The summed E-state index contributed by atoms with van der Waals surface area (Å²) in [5.41, 5.74) is 0.175. The van der Waals surface area contributed by atoms with Gasteiger partial charge in [-0.3, -0.25) is 0 Å². The number of nitrogens with zero attached hydrogens (tertiary/aromatic N) is 2. The van der Waals surface area contributed by atoms with Crippen molar-refractivity contribution in [2.75, 3.05) is 19.6 Å². The summed E-state index contributed by atoms with van der Waals surface area (Å²) in [7, 11) is 0. The molecule has 4 heteroatoms. The SMILES string of the molecule is CCCN1CCC(NCc2cnc(C(C)(C)C)s2)CC1. The molecular formula is C16H29N3S. The molecule has 20 heavy (non-hydrogen) atoms.